The van der Waals surface area contributed by atoms with Gasteiger partial charge in [-0.15, -0.1) is 11.8 Å². The molecule has 0 amide bonds. The smallest absolute Gasteiger partial charge is 0.225 e. The molecule has 2 nitrogen and oxygen atoms in total. The third-order valence-corrected chi connectivity index (χ3v) is 2.68. The van der Waals surface area contributed by atoms with Crippen molar-refractivity contribution in [2.24, 2.45) is 0 Å². The fraction of sp³-hybridized carbons (Fsp3) is 0.200. The Labute approximate surface area is 81.3 Å². The van der Waals surface area contributed by atoms with Gasteiger partial charge in [-0.2, -0.15) is 0 Å². The summed E-state index contributed by atoms with van der Waals surface area (Å²) < 4.78 is 0. The second-order valence-electron chi connectivity index (χ2n) is 2.67. The van der Waals surface area contributed by atoms with Crippen LogP contribution in [-0.2, 0) is 4.79 Å². The van der Waals surface area contributed by atoms with E-state index in [9.17, 15) is 9.59 Å². The van der Waals surface area contributed by atoms with Gasteiger partial charge in [0.1, 0.15) is 0 Å². The van der Waals surface area contributed by atoms with E-state index in [4.69, 9.17) is 0 Å². The summed E-state index contributed by atoms with van der Waals surface area (Å²) >= 11 is 1.62. The SMILES string of the molecule is CSc1ccc(C(=O)C=O)cc1C. The quantitative estimate of drug-likeness (QED) is 0.320. The highest BCUT2D eigenvalue weighted by Gasteiger charge is 2.05. The van der Waals surface area contributed by atoms with Crippen LogP contribution >= 0.6 is 11.8 Å². The minimum Gasteiger partial charge on any atom is -0.294 e. The summed E-state index contributed by atoms with van der Waals surface area (Å²) in [4.78, 5) is 22.3. The van der Waals surface area contributed by atoms with Crippen molar-refractivity contribution in [1.82, 2.24) is 0 Å². The molecule has 0 radical (unpaired) electrons. The molecule has 0 atom stereocenters. The Morgan fingerprint density at radius 2 is 2.15 bits per heavy atom. The van der Waals surface area contributed by atoms with Gasteiger partial charge in [-0.25, -0.2) is 0 Å². The Kier molecular flexibility index (Phi) is 3.25. The van der Waals surface area contributed by atoms with Crippen molar-refractivity contribution in [2.45, 2.75) is 11.8 Å². The molecule has 0 heterocycles. The second-order valence-corrected chi connectivity index (χ2v) is 3.51. The van der Waals surface area contributed by atoms with E-state index in [0.717, 1.165) is 10.5 Å². The average molecular weight is 194 g/mol. The van der Waals surface area contributed by atoms with E-state index in [1.807, 2.05) is 19.2 Å². The Balaban J connectivity index is 3.09. The molecule has 1 aromatic carbocycles. The van der Waals surface area contributed by atoms with Crippen molar-refractivity contribution >= 4 is 23.8 Å². The first-order valence-corrected chi connectivity index (χ1v) is 5.05. The maximum atomic E-state index is 11.0. The van der Waals surface area contributed by atoms with Gasteiger partial charge in [0.2, 0.25) is 5.78 Å². The molecule has 0 N–H and O–H groups in total. The van der Waals surface area contributed by atoms with Crippen LogP contribution in [0, 0.1) is 6.92 Å². The van der Waals surface area contributed by atoms with E-state index in [1.165, 1.54) is 0 Å². The molecule has 0 unspecified atom stereocenters. The number of carbonyl (C=O) groups excluding carboxylic acids is 2. The van der Waals surface area contributed by atoms with Crippen LogP contribution in [0.25, 0.3) is 0 Å². The number of aryl methyl sites for hydroxylation is 1. The minimum atomic E-state index is -0.462. The van der Waals surface area contributed by atoms with E-state index in [0.29, 0.717) is 11.8 Å². The number of hydrogen-bond donors (Lipinski definition) is 0. The molecule has 1 aromatic rings. The number of rotatable bonds is 3. The minimum absolute atomic E-state index is 0.341. The van der Waals surface area contributed by atoms with Gasteiger partial charge in [-0.05, 0) is 36.9 Å². The van der Waals surface area contributed by atoms with Crippen LogP contribution in [0.1, 0.15) is 15.9 Å². The van der Waals surface area contributed by atoms with Gasteiger partial charge in [0.05, 0.1) is 0 Å². The van der Waals surface area contributed by atoms with Crippen molar-refractivity contribution in [2.75, 3.05) is 6.26 Å². The van der Waals surface area contributed by atoms with Crippen molar-refractivity contribution < 1.29 is 9.59 Å². The van der Waals surface area contributed by atoms with Gasteiger partial charge >= 0.3 is 0 Å². The van der Waals surface area contributed by atoms with Gasteiger partial charge in [-0.1, -0.05) is 0 Å². The first-order valence-electron chi connectivity index (χ1n) is 3.83. The van der Waals surface area contributed by atoms with Crippen LogP contribution in [0.5, 0.6) is 0 Å². The summed E-state index contributed by atoms with van der Waals surface area (Å²) in [5.41, 5.74) is 1.49. The third-order valence-electron chi connectivity index (χ3n) is 1.79. The molecule has 0 fully saturated rings. The number of carbonyl (C=O) groups is 2. The van der Waals surface area contributed by atoms with Crippen molar-refractivity contribution in [3.8, 4) is 0 Å². The summed E-state index contributed by atoms with van der Waals surface area (Å²) in [5.74, 6) is -0.462. The topological polar surface area (TPSA) is 34.1 Å². The highest BCUT2D eigenvalue weighted by atomic mass is 32.2. The van der Waals surface area contributed by atoms with Crippen LogP contribution in [0.15, 0.2) is 23.1 Å². The van der Waals surface area contributed by atoms with E-state index in [1.54, 1.807) is 23.9 Å². The zero-order chi connectivity index (χ0) is 9.84. The number of benzene rings is 1. The largest absolute Gasteiger partial charge is 0.294 e. The van der Waals surface area contributed by atoms with Crippen molar-refractivity contribution in [1.29, 1.82) is 0 Å². The fourth-order valence-corrected chi connectivity index (χ4v) is 1.68. The lowest BCUT2D eigenvalue weighted by Crippen LogP contribution is -2.00. The van der Waals surface area contributed by atoms with E-state index in [-0.39, 0.29) is 0 Å². The molecule has 3 heteroatoms. The Morgan fingerprint density at radius 3 is 2.62 bits per heavy atom. The highest BCUT2D eigenvalue weighted by Crippen LogP contribution is 2.20. The monoisotopic (exact) mass is 194 g/mol. The lowest BCUT2D eigenvalue weighted by atomic mass is 10.1. The van der Waals surface area contributed by atoms with Crippen LogP contribution in [0.2, 0.25) is 0 Å². The highest BCUT2D eigenvalue weighted by molar-refractivity contribution is 7.98. The molecular weight excluding hydrogens is 184 g/mol. The predicted octanol–water partition coefficient (Wildman–Crippen LogP) is 2.10. The molecule has 0 aliphatic carbocycles. The van der Waals surface area contributed by atoms with Crippen LogP contribution < -0.4 is 0 Å². The lowest BCUT2D eigenvalue weighted by molar-refractivity contribution is -0.104. The lowest BCUT2D eigenvalue weighted by Gasteiger charge is -2.02. The molecular formula is C10H10O2S. The molecule has 68 valence electrons. The van der Waals surface area contributed by atoms with Crippen molar-refractivity contribution in [3.63, 3.8) is 0 Å². The molecule has 0 aliphatic rings. The summed E-state index contributed by atoms with van der Waals surface area (Å²) in [6.45, 7) is 1.92. The van der Waals surface area contributed by atoms with Crippen LogP contribution in [0.4, 0.5) is 0 Å². The Hall–Kier alpha value is -1.09. The van der Waals surface area contributed by atoms with Gasteiger partial charge in [0, 0.05) is 10.5 Å². The molecule has 0 saturated heterocycles. The van der Waals surface area contributed by atoms with Gasteiger partial charge < -0.3 is 0 Å². The molecule has 0 aromatic heterocycles. The van der Waals surface area contributed by atoms with E-state index < -0.39 is 5.78 Å². The van der Waals surface area contributed by atoms with Gasteiger partial charge in [0.15, 0.2) is 6.29 Å². The summed E-state index contributed by atoms with van der Waals surface area (Å²) in [7, 11) is 0. The van der Waals surface area contributed by atoms with Crippen LogP contribution in [-0.4, -0.2) is 18.3 Å². The second kappa shape index (κ2) is 4.23. The number of Topliss-reactive ketones (excluding diaryl/α,β-unsaturated/α-hetero) is 1. The van der Waals surface area contributed by atoms with Crippen LogP contribution in [0.3, 0.4) is 0 Å². The molecule has 13 heavy (non-hydrogen) atoms. The first-order chi connectivity index (χ1) is 6.19. The Bertz CT molecular complexity index is 345. The standard InChI is InChI=1S/C10H10O2S/c1-7-5-8(9(12)6-11)3-4-10(7)13-2/h3-6H,1-2H3. The number of aldehydes is 1. The average Bonchev–Trinajstić information content (AvgIpc) is 2.16. The van der Waals surface area contributed by atoms with E-state index >= 15 is 0 Å². The van der Waals surface area contributed by atoms with E-state index in [2.05, 4.69) is 0 Å². The summed E-state index contributed by atoms with van der Waals surface area (Å²) in [6, 6.07) is 5.27. The molecule has 0 spiro atoms. The zero-order valence-electron chi connectivity index (χ0n) is 7.53. The predicted molar refractivity (Wildman–Crippen MR) is 53.4 cm³/mol. The van der Waals surface area contributed by atoms with Crippen molar-refractivity contribution in [3.05, 3.63) is 29.3 Å². The number of hydrogen-bond acceptors (Lipinski definition) is 3. The third kappa shape index (κ3) is 2.18. The Morgan fingerprint density at radius 1 is 1.46 bits per heavy atom. The molecule has 0 saturated carbocycles. The normalized spacial score (nSPS) is 9.69. The maximum Gasteiger partial charge on any atom is 0.225 e. The van der Waals surface area contributed by atoms with Gasteiger partial charge in [0.25, 0.3) is 0 Å². The summed E-state index contributed by atoms with van der Waals surface area (Å²) in [5, 5.41) is 0. The maximum absolute atomic E-state index is 11.0. The molecule has 0 aliphatic heterocycles. The molecule has 0 bridgehead atoms. The molecule has 1 rings (SSSR count). The first kappa shape index (κ1) is 9.99. The zero-order valence-corrected chi connectivity index (χ0v) is 8.35. The van der Waals surface area contributed by atoms with Gasteiger partial charge in [-0.3, -0.25) is 9.59 Å². The fourth-order valence-electron chi connectivity index (χ4n) is 1.10. The summed E-state index contributed by atoms with van der Waals surface area (Å²) in [6.07, 6.45) is 2.32. The number of thioether (sulfide) groups is 1. The number of ketones is 1.